The zero-order chi connectivity index (χ0) is 28.3. The highest BCUT2D eigenvalue weighted by Gasteiger charge is 3.40. The SMILES string of the molecule is CCCSc1nc(N[C@@H]2C[C@H]2c2ccc(F)c(F)c2)c2c(n1)N([C@@H]1C34[C@@H]5[C@@]16OC(C)(C)O[C@]36[C@]54C(=O)OCC)[NH2+]N2. The number of nitrogens with zero attached hydrogens (tertiary/aromatic N) is 3. The molecule has 4 N–H and O–H groups in total. The van der Waals surface area contributed by atoms with Gasteiger partial charge in [-0.25, -0.2) is 19.2 Å². The summed E-state index contributed by atoms with van der Waals surface area (Å²) < 4.78 is 46.0. The second-order valence-electron chi connectivity index (χ2n) is 12.7. The molecule has 1 saturated heterocycles. The summed E-state index contributed by atoms with van der Waals surface area (Å²) in [5.74, 6) is -0.214. The monoisotopic (exact) mass is 585 g/mol. The number of thioether (sulfide) groups is 1. The molecule has 4 bridgehead atoms. The molecule has 8 atom stereocenters. The molecule has 2 aromatic rings. The molecule has 0 amide bonds. The average molecular weight is 586 g/mol. The quantitative estimate of drug-likeness (QED) is 0.176. The number of esters is 1. The molecule has 1 unspecified atom stereocenters. The first-order valence-electron chi connectivity index (χ1n) is 14.4. The first kappa shape index (κ1) is 24.8. The van der Waals surface area contributed by atoms with Crippen molar-refractivity contribution in [2.45, 2.75) is 80.7 Å². The zero-order valence-corrected chi connectivity index (χ0v) is 23.9. The van der Waals surface area contributed by atoms with Crippen molar-refractivity contribution in [2.75, 3.05) is 28.1 Å². The van der Waals surface area contributed by atoms with Gasteiger partial charge in [0.15, 0.2) is 34.1 Å². The summed E-state index contributed by atoms with van der Waals surface area (Å²) in [7, 11) is 0. The third-order valence-electron chi connectivity index (χ3n) is 10.4. The van der Waals surface area contributed by atoms with Crippen molar-refractivity contribution in [2.24, 2.45) is 16.7 Å². The summed E-state index contributed by atoms with van der Waals surface area (Å²) >= 11 is 1.59. The van der Waals surface area contributed by atoms with Crippen LogP contribution in [0, 0.1) is 28.4 Å². The Morgan fingerprint density at radius 1 is 1.27 bits per heavy atom. The van der Waals surface area contributed by atoms with Crippen LogP contribution in [0.2, 0.25) is 0 Å². The fourth-order valence-electron chi connectivity index (χ4n) is 9.32. The largest absolute Gasteiger partial charge is 0.465 e. The highest BCUT2D eigenvalue weighted by molar-refractivity contribution is 7.99. The molecule has 8 fully saturated rings. The molecule has 11 rings (SSSR count). The lowest BCUT2D eigenvalue weighted by Gasteiger charge is -2.71. The summed E-state index contributed by atoms with van der Waals surface area (Å²) in [5.41, 5.74) is 4.65. The van der Waals surface area contributed by atoms with Crippen LogP contribution in [0.1, 0.15) is 52.0 Å². The van der Waals surface area contributed by atoms with Crippen LogP contribution in [0.3, 0.4) is 0 Å². The first-order valence-corrected chi connectivity index (χ1v) is 15.4. The normalized spacial score (nSPS) is 41.8. The Morgan fingerprint density at radius 3 is 2.85 bits per heavy atom. The van der Waals surface area contributed by atoms with Crippen molar-refractivity contribution in [3.05, 3.63) is 35.4 Å². The van der Waals surface area contributed by atoms with Gasteiger partial charge in [0.1, 0.15) is 22.7 Å². The van der Waals surface area contributed by atoms with Gasteiger partial charge in [-0.1, -0.05) is 24.8 Å². The van der Waals surface area contributed by atoms with Gasteiger partial charge in [0.05, 0.1) is 12.0 Å². The van der Waals surface area contributed by atoms with Gasteiger partial charge in [0, 0.05) is 23.6 Å². The summed E-state index contributed by atoms with van der Waals surface area (Å²) in [4.78, 5) is 23.1. The average Bonchev–Trinajstić information content (AvgIpc) is 3.81. The smallest absolute Gasteiger partial charge is 0.316 e. The van der Waals surface area contributed by atoms with Crippen LogP contribution < -0.4 is 21.3 Å². The maximum atomic E-state index is 13.9. The number of halogens is 2. The molecule has 0 radical (unpaired) electrons. The van der Waals surface area contributed by atoms with Gasteiger partial charge in [0.25, 0.3) is 0 Å². The predicted octanol–water partition coefficient (Wildman–Crippen LogP) is 2.69. The number of nitrogens with one attached hydrogen (secondary N) is 2. The number of hydrogen-bond donors (Lipinski definition) is 3. The molecule has 41 heavy (non-hydrogen) atoms. The minimum Gasteiger partial charge on any atom is -0.465 e. The molecule has 1 aromatic heterocycles. The molecule has 10 nitrogen and oxygen atoms in total. The molecule has 13 heteroatoms. The molecule has 2 aliphatic heterocycles. The van der Waals surface area contributed by atoms with Gasteiger partial charge in [-0.15, -0.1) is 5.53 Å². The van der Waals surface area contributed by atoms with Gasteiger partial charge in [-0.3, -0.25) is 4.79 Å². The second-order valence-corrected chi connectivity index (χ2v) is 13.7. The highest BCUT2D eigenvalue weighted by atomic mass is 32.2. The van der Waals surface area contributed by atoms with Crippen molar-refractivity contribution in [1.29, 1.82) is 0 Å². The minimum atomic E-state index is -0.843. The van der Waals surface area contributed by atoms with Crippen LogP contribution in [0.15, 0.2) is 23.4 Å². The van der Waals surface area contributed by atoms with E-state index in [0.29, 0.717) is 17.6 Å². The van der Waals surface area contributed by atoms with Crippen molar-refractivity contribution < 1.29 is 33.3 Å². The number of benzene rings is 1. The molecule has 1 aromatic carbocycles. The van der Waals surface area contributed by atoms with E-state index in [1.54, 1.807) is 17.8 Å². The molecule has 3 heterocycles. The number of hydrogen-bond acceptors (Lipinski definition) is 10. The van der Waals surface area contributed by atoms with E-state index in [4.69, 9.17) is 24.2 Å². The number of carbonyl (C=O) groups excluding carboxylic acids is 1. The van der Waals surface area contributed by atoms with Crippen molar-refractivity contribution >= 4 is 35.1 Å². The van der Waals surface area contributed by atoms with Crippen LogP contribution in [-0.2, 0) is 19.0 Å². The maximum absolute atomic E-state index is 13.9. The lowest BCUT2D eigenvalue weighted by Crippen LogP contribution is -3.05. The molecular weight excluding hydrogens is 554 g/mol. The number of ether oxygens (including phenoxy) is 3. The van der Waals surface area contributed by atoms with Crippen LogP contribution in [0.25, 0.3) is 0 Å². The number of nitrogens with two attached hydrogens (primary N) is 1. The number of aromatic nitrogens is 2. The summed E-state index contributed by atoms with van der Waals surface area (Å²) in [6.07, 6.45) is 1.76. The number of quaternary nitrogens is 1. The van der Waals surface area contributed by atoms with E-state index in [2.05, 4.69) is 22.7 Å². The van der Waals surface area contributed by atoms with Crippen molar-refractivity contribution in [1.82, 2.24) is 9.97 Å². The van der Waals surface area contributed by atoms with Gasteiger partial charge in [-0.05, 0) is 51.3 Å². The maximum Gasteiger partial charge on any atom is 0.316 e. The Morgan fingerprint density at radius 2 is 2.10 bits per heavy atom. The van der Waals surface area contributed by atoms with Crippen LogP contribution >= 0.6 is 11.8 Å². The standard InChI is InChI=1S/C28H30F2N6O4S/c1-5-9-41-23-32-18(31-16-11-13(16)12-7-8-14(29)15(30)10-12)17-19(33-23)36(35-34-17)21-25-20-26(25,22(37)38-6-2)28(25)27(20,21)39-24(3,4)40-28/h7-8,10,13,16,20-21,34-35H,5-6,9,11H2,1-4H3,(H,31,32,33)/p+1/t13-,16+,20-,21+,25?,26-,27+,28-/m0/s1. The van der Waals surface area contributed by atoms with E-state index in [-0.39, 0.29) is 35.3 Å². The number of rotatable bonds is 9. The molecular formula is C28H31F2N6O4S+. The minimum absolute atomic E-state index is 0.0352. The van der Waals surface area contributed by atoms with E-state index < -0.39 is 34.0 Å². The second kappa shape index (κ2) is 7.24. The number of anilines is 3. The third-order valence-corrected chi connectivity index (χ3v) is 11.5. The Hall–Kier alpha value is -2.74. The Bertz CT molecular complexity index is 1580. The highest BCUT2D eigenvalue weighted by Crippen LogP contribution is 3.23. The van der Waals surface area contributed by atoms with E-state index in [9.17, 15) is 13.6 Å². The number of fused-ring (bicyclic) bond motifs is 1. The molecule has 216 valence electrons. The lowest BCUT2D eigenvalue weighted by molar-refractivity contribution is -0.647. The lowest BCUT2D eigenvalue weighted by atomic mass is 9.38. The first-order chi connectivity index (χ1) is 19.7. The molecule has 7 saturated carbocycles. The van der Waals surface area contributed by atoms with Gasteiger partial charge in [-0.2, -0.15) is 9.99 Å². The van der Waals surface area contributed by atoms with Gasteiger partial charge < -0.3 is 19.5 Å². The Labute approximate surface area is 239 Å². The summed E-state index contributed by atoms with van der Waals surface area (Å²) in [5, 5.41) is 6.31. The molecule has 3 spiro atoms. The number of nitrogen functional groups attached to an aromatic ring is 1. The zero-order valence-electron chi connectivity index (χ0n) is 23.1. The predicted molar refractivity (Wildman–Crippen MR) is 143 cm³/mol. The van der Waals surface area contributed by atoms with E-state index >= 15 is 0 Å². The fraction of sp³-hybridized carbons (Fsp3) is 0.607. The van der Waals surface area contributed by atoms with E-state index in [1.807, 2.05) is 26.3 Å². The van der Waals surface area contributed by atoms with E-state index in [0.717, 1.165) is 35.7 Å². The van der Waals surface area contributed by atoms with Crippen LogP contribution in [0.5, 0.6) is 0 Å². The molecule has 7 aliphatic carbocycles. The number of carbonyl (C=O) groups is 1. The van der Waals surface area contributed by atoms with Gasteiger partial charge >= 0.3 is 5.97 Å². The topological polar surface area (TPSA) is 114 Å². The van der Waals surface area contributed by atoms with Crippen molar-refractivity contribution in [3.8, 4) is 0 Å². The summed E-state index contributed by atoms with van der Waals surface area (Å²) in [6, 6.07) is 4.02. The Kier molecular flexibility index (Phi) is 4.38. The van der Waals surface area contributed by atoms with Crippen LogP contribution in [0.4, 0.5) is 26.1 Å². The summed E-state index contributed by atoms with van der Waals surface area (Å²) in [6.45, 7) is 8.09. The van der Waals surface area contributed by atoms with E-state index in [1.165, 1.54) is 12.1 Å². The van der Waals surface area contributed by atoms with Crippen molar-refractivity contribution in [3.63, 3.8) is 0 Å². The van der Waals surface area contributed by atoms with Crippen LogP contribution in [-0.4, -0.2) is 57.4 Å². The Balaban J connectivity index is 1.04. The third kappa shape index (κ3) is 2.35. The van der Waals surface area contributed by atoms with Gasteiger partial charge in [0.2, 0.25) is 5.82 Å². The fourth-order valence-corrected chi connectivity index (χ4v) is 10.0. The molecule has 9 aliphatic rings.